The van der Waals surface area contributed by atoms with Crippen molar-refractivity contribution in [3.63, 3.8) is 0 Å². The van der Waals surface area contributed by atoms with Crippen molar-refractivity contribution in [3.8, 4) is 0 Å². The van der Waals surface area contributed by atoms with Crippen LogP contribution >= 0.6 is 0 Å². The summed E-state index contributed by atoms with van der Waals surface area (Å²) in [7, 11) is 1.40. The molecule has 2 N–H and O–H groups in total. The van der Waals surface area contributed by atoms with Crippen molar-refractivity contribution >= 4 is 6.09 Å². The number of hydrogen-bond donors (Lipinski definition) is 1. The molecule has 0 unspecified atom stereocenters. The third-order valence-electron chi connectivity index (χ3n) is 2.24. The molecule has 1 fully saturated rings. The van der Waals surface area contributed by atoms with Crippen LogP contribution in [0.2, 0.25) is 0 Å². The van der Waals surface area contributed by atoms with Crippen LogP contribution in [0.1, 0.15) is 6.42 Å². The minimum absolute atomic E-state index is 0.247. The van der Waals surface area contributed by atoms with Crippen molar-refractivity contribution < 1.29 is 14.3 Å². The van der Waals surface area contributed by atoms with Crippen LogP contribution < -0.4 is 5.73 Å². The van der Waals surface area contributed by atoms with E-state index in [4.69, 9.17) is 10.5 Å². The van der Waals surface area contributed by atoms with Crippen molar-refractivity contribution in [1.82, 2.24) is 4.90 Å². The SMILES string of the molecule is COC(=O)N1CC(COCCCN)C1. The highest BCUT2D eigenvalue weighted by molar-refractivity contribution is 5.68. The first-order valence-corrected chi connectivity index (χ1v) is 4.88. The van der Waals surface area contributed by atoms with Crippen LogP contribution in [-0.4, -0.2) is 51.0 Å². The molecular formula is C9H18N2O3. The molecule has 1 heterocycles. The van der Waals surface area contributed by atoms with Crippen LogP contribution in [0.5, 0.6) is 0 Å². The fraction of sp³-hybridized carbons (Fsp3) is 0.889. The average Bonchev–Trinajstić information content (AvgIpc) is 2.14. The molecule has 5 nitrogen and oxygen atoms in total. The fourth-order valence-electron chi connectivity index (χ4n) is 1.39. The Morgan fingerprint density at radius 2 is 2.29 bits per heavy atom. The summed E-state index contributed by atoms with van der Waals surface area (Å²) < 4.78 is 9.96. The summed E-state index contributed by atoms with van der Waals surface area (Å²) in [5.41, 5.74) is 5.32. The van der Waals surface area contributed by atoms with E-state index in [9.17, 15) is 4.79 Å². The van der Waals surface area contributed by atoms with E-state index in [-0.39, 0.29) is 6.09 Å². The monoisotopic (exact) mass is 202 g/mol. The third-order valence-corrected chi connectivity index (χ3v) is 2.24. The van der Waals surface area contributed by atoms with Gasteiger partial charge >= 0.3 is 6.09 Å². The highest BCUT2D eigenvalue weighted by Crippen LogP contribution is 2.16. The molecule has 0 aromatic carbocycles. The maximum atomic E-state index is 11.0. The molecule has 1 saturated heterocycles. The summed E-state index contributed by atoms with van der Waals surface area (Å²) in [5, 5.41) is 0. The van der Waals surface area contributed by atoms with Crippen molar-refractivity contribution in [1.29, 1.82) is 0 Å². The van der Waals surface area contributed by atoms with Crippen molar-refractivity contribution in [2.24, 2.45) is 11.7 Å². The Hall–Kier alpha value is -0.810. The summed E-state index contributed by atoms with van der Waals surface area (Å²) in [6.07, 6.45) is 0.649. The van der Waals surface area contributed by atoms with Gasteiger partial charge in [0.2, 0.25) is 0 Å². The lowest BCUT2D eigenvalue weighted by molar-refractivity contribution is 0.0144. The van der Waals surface area contributed by atoms with E-state index in [1.54, 1.807) is 4.90 Å². The van der Waals surface area contributed by atoms with E-state index in [1.807, 2.05) is 0 Å². The molecule has 0 saturated carbocycles. The second-order valence-corrected chi connectivity index (χ2v) is 3.46. The molecule has 1 rings (SSSR count). The molecule has 0 spiro atoms. The predicted molar refractivity (Wildman–Crippen MR) is 52.0 cm³/mol. The standard InChI is InChI=1S/C9H18N2O3/c1-13-9(12)11-5-8(6-11)7-14-4-2-3-10/h8H,2-7,10H2,1H3. The van der Waals surface area contributed by atoms with Gasteiger partial charge in [-0.1, -0.05) is 0 Å². The number of ether oxygens (including phenoxy) is 2. The number of carbonyl (C=O) groups is 1. The molecule has 0 aromatic rings. The Labute approximate surface area is 84.1 Å². The first kappa shape index (κ1) is 11.3. The zero-order chi connectivity index (χ0) is 10.4. The van der Waals surface area contributed by atoms with Gasteiger partial charge in [0.05, 0.1) is 13.7 Å². The summed E-state index contributed by atoms with van der Waals surface area (Å²) >= 11 is 0. The molecule has 82 valence electrons. The lowest BCUT2D eigenvalue weighted by Crippen LogP contribution is -2.51. The molecule has 1 aliphatic rings. The Balaban J connectivity index is 1.96. The highest BCUT2D eigenvalue weighted by Gasteiger charge is 2.30. The van der Waals surface area contributed by atoms with Crippen LogP contribution in [0, 0.1) is 5.92 Å². The topological polar surface area (TPSA) is 64.8 Å². The van der Waals surface area contributed by atoms with Gasteiger partial charge in [0.25, 0.3) is 0 Å². The first-order chi connectivity index (χ1) is 6.77. The van der Waals surface area contributed by atoms with Gasteiger partial charge < -0.3 is 20.1 Å². The summed E-state index contributed by atoms with van der Waals surface area (Å²) in [6, 6.07) is 0. The molecule has 1 aliphatic heterocycles. The van der Waals surface area contributed by atoms with E-state index in [1.165, 1.54) is 7.11 Å². The summed E-state index contributed by atoms with van der Waals surface area (Å²) in [4.78, 5) is 12.6. The molecule has 0 atom stereocenters. The maximum Gasteiger partial charge on any atom is 0.409 e. The predicted octanol–water partition coefficient (Wildman–Crippen LogP) is 0.0500. The molecule has 0 aromatic heterocycles. The van der Waals surface area contributed by atoms with Gasteiger partial charge in [0, 0.05) is 25.6 Å². The molecule has 5 heteroatoms. The van der Waals surface area contributed by atoms with Gasteiger partial charge in [-0.05, 0) is 13.0 Å². The lowest BCUT2D eigenvalue weighted by Gasteiger charge is -2.37. The van der Waals surface area contributed by atoms with Gasteiger partial charge in [-0.3, -0.25) is 0 Å². The normalized spacial score (nSPS) is 16.6. The Morgan fingerprint density at radius 3 is 2.86 bits per heavy atom. The number of methoxy groups -OCH3 is 1. The van der Waals surface area contributed by atoms with E-state index in [0.717, 1.165) is 19.5 Å². The smallest absolute Gasteiger partial charge is 0.409 e. The second-order valence-electron chi connectivity index (χ2n) is 3.46. The second kappa shape index (κ2) is 5.82. The molecular weight excluding hydrogens is 184 g/mol. The molecule has 0 bridgehead atoms. The number of rotatable bonds is 5. The fourth-order valence-corrected chi connectivity index (χ4v) is 1.39. The number of nitrogens with two attached hydrogens (primary N) is 1. The van der Waals surface area contributed by atoms with Crippen LogP contribution in [0.4, 0.5) is 4.79 Å². The zero-order valence-corrected chi connectivity index (χ0v) is 8.57. The largest absolute Gasteiger partial charge is 0.453 e. The Bertz CT molecular complexity index is 181. The number of likely N-dealkylation sites (tertiary alicyclic amines) is 1. The van der Waals surface area contributed by atoms with E-state index >= 15 is 0 Å². The van der Waals surface area contributed by atoms with Crippen molar-refractivity contribution in [3.05, 3.63) is 0 Å². The van der Waals surface area contributed by atoms with Crippen molar-refractivity contribution in [2.75, 3.05) is 40.0 Å². The highest BCUT2D eigenvalue weighted by atomic mass is 16.5. The maximum absolute atomic E-state index is 11.0. The van der Waals surface area contributed by atoms with Gasteiger partial charge in [0.1, 0.15) is 0 Å². The minimum atomic E-state index is -0.247. The molecule has 14 heavy (non-hydrogen) atoms. The zero-order valence-electron chi connectivity index (χ0n) is 8.57. The number of carbonyl (C=O) groups excluding carboxylic acids is 1. The van der Waals surface area contributed by atoms with Crippen LogP contribution in [0.15, 0.2) is 0 Å². The van der Waals surface area contributed by atoms with Crippen LogP contribution in [0.3, 0.4) is 0 Å². The van der Waals surface area contributed by atoms with Gasteiger partial charge in [-0.15, -0.1) is 0 Å². The Morgan fingerprint density at radius 1 is 1.57 bits per heavy atom. The summed E-state index contributed by atoms with van der Waals surface area (Å²) in [6.45, 7) is 3.59. The van der Waals surface area contributed by atoms with E-state index in [0.29, 0.717) is 25.7 Å². The minimum Gasteiger partial charge on any atom is -0.453 e. The van der Waals surface area contributed by atoms with Gasteiger partial charge in [0.15, 0.2) is 0 Å². The number of nitrogens with zero attached hydrogens (tertiary/aromatic N) is 1. The van der Waals surface area contributed by atoms with Gasteiger partial charge in [-0.25, -0.2) is 4.79 Å². The summed E-state index contributed by atoms with van der Waals surface area (Å²) in [5.74, 6) is 0.465. The van der Waals surface area contributed by atoms with Crippen LogP contribution in [-0.2, 0) is 9.47 Å². The van der Waals surface area contributed by atoms with Gasteiger partial charge in [-0.2, -0.15) is 0 Å². The quantitative estimate of drug-likeness (QED) is 0.640. The number of hydrogen-bond acceptors (Lipinski definition) is 4. The first-order valence-electron chi connectivity index (χ1n) is 4.88. The lowest BCUT2D eigenvalue weighted by atomic mass is 10.0. The average molecular weight is 202 g/mol. The van der Waals surface area contributed by atoms with E-state index < -0.39 is 0 Å². The third kappa shape index (κ3) is 3.16. The molecule has 0 aliphatic carbocycles. The Kier molecular flexibility index (Phi) is 4.69. The van der Waals surface area contributed by atoms with E-state index in [2.05, 4.69) is 4.74 Å². The molecule has 0 radical (unpaired) electrons. The van der Waals surface area contributed by atoms with Crippen LogP contribution in [0.25, 0.3) is 0 Å². The van der Waals surface area contributed by atoms with Crippen molar-refractivity contribution in [2.45, 2.75) is 6.42 Å². The number of amides is 1. The molecule has 1 amide bonds.